The van der Waals surface area contributed by atoms with E-state index in [1.165, 1.54) is 24.0 Å². The van der Waals surface area contributed by atoms with Gasteiger partial charge in [0.1, 0.15) is 17.3 Å². The van der Waals surface area contributed by atoms with Crippen molar-refractivity contribution in [3.05, 3.63) is 88.7 Å². The van der Waals surface area contributed by atoms with Gasteiger partial charge < -0.3 is 15.0 Å². The molecule has 1 N–H and O–H groups in total. The van der Waals surface area contributed by atoms with Crippen LogP contribution in [0.2, 0.25) is 0 Å². The highest BCUT2D eigenvalue weighted by Crippen LogP contribution is 2.36. The molecule has 33 heavy (non-hydrogen) atoms. The fourth-order valence-corrected chi connectivity index (χ4v) is 3.00. The number of benzene rings is 3. The molecule has 0 unspecified atom stereocenters. The Bertz CT molecular complexity index is 1210. The summed E-state index contributed by atoms with van der Waals surface area (Å²) in [6.07, 6.45) is -4.66. The van der Waals surface area contributed by atoms with Gasteiger partial charge in [-0.3, -0.25) is 9.59 Å². The first-order chi connectivity index (χ1) is 15.5. The van der Waals surface area contributed by atoms with Crippen LogP contribution in [0.15, 0.2) is 60.7 Å². The SMILES string of the molecule is Cc1cc(F)ccc1Oc1cc(C(F)(F)F)ccc1C(=O)Nc1cccc(C(=O)N(C)C)c1. The molecular formula is C24H20F4N2O3. The van der Waals surface area contributed by atoms with Crippen LogP contribution in [0.3, 0.4) is 0 Å². The monoisotopic (exact) mass is 460 g/mol. The van der Waals surface area contributed by atoms with Gasteiger partial charge in [0.25, 0.3) is 11.8 Å². The Balaban J connectivity index is 1.97. The Labute approximate surface area is 187 Å². The molecule has 3 aromatic carbocycles. The molecule has 0 saturated carbocycles. The van der Waals surface area contributed by atoms with Crippen LogP contribution < -0.4 is 10.1 Å². The summed E-state index contributed by atoms with van der Waals surface area (Å²) in [5, 5.41) is 2.57. The highest BCUT2D eigenvalue weighted by atomic mass is 19.4. The number of hydrogen-bond acceptors (Lipinski definition) is 3. The van der Waals surface area contributed by atoms with Gasteiger partial charge in [-0.05, 0) is 67.1 Å². The minimum atomic E-state index is -4.66. The second kappa shape index (κ2) is 9.32. The van der Waals surface area contributed by atoms with Crippen LogP contribution >= 0.6 is 0 Å². The molecule has 0 saturated heterocycles. The van der Waals surface area contributed by atoms with Gasteiger partial charge >= 0.3 is 6.18 Å². The Morgan fingerprint density at radius 2 is 1.67 bits per heavy atom. The van der Waals surface area contributed by atoms with Gasteiger partial charge in [0.2, 0.25) is 0 Å². The van der Waals surface area contributed by atoms with Crippen molar-refractivity contribution < 1.29 is 31.9 Å². The van der Waals surface area contributed by atoms with Crippen molar-refractivity contribution in [2.45, 2.75) is 13.1 Å². The van der Waals surface area contributed by atoms with E-state index in [4.69, 9.17) is 4.74 Å². The lowest BCUT2D eigenvalue weighted by atomic mass is 10.1. The Morgan fingerprint density at radius 1 is 0.939 bits per heavy atom. The third-order valence-electron chi connectivity index (χ3n) is 4.68. The molecule has 0 bridgehead atoms. The lowest BCUT2D eigenvalue weighted by Crippen LogP contribution is -2.22. The van der Waals surface area contributed by atoms with Gasteiger partial charge in [0.05, 0.1) is 11.1 Å². The molecule has 3 rings (SSSR count). The first kappa shape index (κ1) is 23.8. The van der Waals surface area contributed by atoms with Crippen LogP contribution in [0.1, 0.15) is 31.8 Å². The second-order valence-corrected chi connectivity index (χ2v) is 7.46. The number of anilines is 1. The molecule has 2 amide bonds. The normalized spacial score (nSPS) is 11.1. The molecule has 0 aliphatic heterocycles. The third kappa shape index (κ3) is 5.68. The summed E-state index contributed by atoms with van der Waals surface area (Å²) in [7, 11) is 3.16. The van der Waals surface area contributed by atoms with Crippen molar-refractivity contribution >= 4 is 17.5 Å². The number of carbonyl (C=O) groups excluding carboxylic acids is 2. The first-order valence-corrected chi connectivity index (χ1v) is 9.74. The Hall–Kier alpha value is -3.88. The van der Waals surface area contributed by atoms with E-state index in [1.54, 1.807) is 32.3 Å². The summed E-state index contributed by atoms with van der Waals surface area (Å²) >= 11 is 0. The van der Waals surface area contributed by atoms with Crippen LogP contribution in [0.5, 0.6) is 11.5 Å². The van der Waals surface area contributed by atoms with Crippen LogP contribution in [-0.2, 0) is 6.18 Å². The summed E-state index contributed by atoms with van der Waals surface area (Å²) in [6.45, 7) is 1.53. The van der Waals surface area contributed by atoms with Crippen molar-refractivity contribution in [1.29, 1.82) is 0 Å². The zero-order chi connectivity index (χ0) is 24.3. The zero-order valence-corrected chi connectivity index (χ0v) is 18.0. The van der Waals surface area contributed by atoms with E-state index in [0.29, 0.717) is 17.2 Å². The number of aryl methyl sites for hydroxylation is 1. The molecule has 0 aromatic heterocycles. The number of halogens is 4. The number of nitrogens with zero attached hydrogens (tertiary/aromatic N) is 1. The summed E-state index contributed by atoms with van der Waals surface area (Å²) < 4.78 is 58.8. The maximum Gasteiger partial charge on any atom is 0.416 e. The molecule has 0 spiro atoms. The quantitative estimate of drug-likeness (QED) is 0.483. The number of ether oxygens (including phenoxy) is 1. The maximum absolute atomic E-state index is 13.4. The average Bonchev–Trinajstić information content (AvgIpc) is 2.74. The first-order valence-electron chi connectivity index (χ1n) is 9.74. The fraction of sp³-hybridized carbons (Fsp3) is 0.167. The lowest BCUT2D eigenvalue weighted by molar-refractivity contribution is -0.137. The van der Waals surface area contributed by atoms with E-state index in [1.807, 2.05) is 0 Å². The molecule has 0 fully saturated rings. The van der Waals surface area contributed by atoms with Crippen molar-refractivity contribution in [1.82, 2.24) is 4.90 Å². The van der Waals surface area contributed by atoms with Gasteiger partial charge in [-0.2, -0.15) is 13.2 Å². The summed E-state index contributed by atoms with van der Waals surface area (Å²) in [5.74, 6) is -1.81. The molecule has 0 radical (unpaired) electrons. The summed E-state index contributed by atoms with van der Waals surface area (Å²) in [5.41, 5.74) is -0.239. The topological polar surface area (TPSA) is 58.6 Å². The van der Waals surface area contributed by atoms with Crippen LogP contribution in [0.25, 0.3) is 0 Å². The molecule has 0 aliphatic rings. The van der Waals surface area contributed by atoms with Crippen LogP contribution in [0.4, 0.5) is 23.2 Å². The van der Waals surface area contributed by atoms with E-state index in [0.717, 1.165) is 24.3 Å². The van der Waals surface area contributed by atoms with E-state index in [-0.39, 0.29) is 28.7 Å². The van der Waals surface area contributed by atoms with Gasteiger partial charge in [-0.1, -0.05) is 6.07 Å². The number of carbonyl (C=O) groups is 2. The fourth-order valence-electron chi connectivity index (χ4n) is 3.00. The zero-order valence-electron chi connectivity index (χ0n) is 18.0. The molecular weight excluding hydrogens is 440 g/mol. The number of nitrogens with one attached hydrogen (secondary N) is 1. The predicted molar refractivity (Wildman–Crippen MR) is 115 cm³/mol. The van der Waals surface area contributed by atoms with E-state index in [2.05, 4.69) is 5.32 Å². The van der Waals surface area contributed by atoms with E-state index < -0.39 is 23.5 Å². The second-order valence-electron chi connectivity index (χ2n) is 7.46. The van der Waals surface area contributed by atoms with Gasteiger partial charge in [0, 0.05) is 25.3 Å². The smallest absolute Gasteiger partial charge is 0.416 e. The predicted octanol–water partition coefficient (Wildman–Crippen LogP) is 5.90. The molecule has 9 heteroatoms. The molecule has 3 aromatic rings. The number of rotatable bonds is 5. The van der Waals surface area contributed by atoms with Crippen molar-refractivity contribution in [3.8, 4) is 11.5 Å². The van der Waals surface area contributed by atoms with Gasteiger partial charge in [-0.15, -0.1) is 0 Å². The molecule has 5 nitrogen and oxygen atoms in total. The molecule has 0 aliphatic carbocycles. The Morgan fingerprint density at radius 3 is 2.30 bits per heavy atom. The molecule has 0 atom stereocenters. The number of alkyl halides is 3. The highest BCUT2D eigenvalue weighted by molar-refractivity contribution is 6.07. The van der Waals surface area contributed by atoms with E-state index >= 15 is 0 Å². The van der Waals surface area contributed by atoms with Crippen LogP contribution in [0, 0.1) is 12.7 Å². The van der Waals surface area contributed by atoms with Gasteiger partial charge in [0.15, 0.2) is 0 Å². The van der Waals surface area contributed by atoms with Crippen molar-refractivity contribution in [3.63, 3.8) is 0 Å². The largest absolute Gasteiger partial charge is 0.456 e. The lowest BCUT2D eigenvalue weighted by Gasteiger charge is -2.16. The Kier molecular flexibility index (Phi) is 6.71. The number of amides is 2. The maximum atomic E-state index is 13.4. The van der Waals surface area contributed by atoms with Gasteiger partial charge in [-0.25, -0.2) is 4.39 Å². The minimum absolute atomic E-state index is 0.100. The van der Waals surface area contributed by atoms with Crippen molar-refractivity contribution in [2.24, 2.45) is 0 Å². The third-order valence-corrected chi connectivity index (χ3v) is 4.68. The van der Waals surface area contributed by atoms with E-state index in [9.17, 15) is 27.2 Å². The highest BCUT2D eigenvalue weighted by Gasteiger charge is 2.32. The minimum Gasteiger partial charge on any atom is -0.456 e. The average molecular weight is 460 g/mol. The van der Waals surface area contributed by atoms with Crippen LogP contribution in [-0.4, -0.2) is 30.8 Å². The molecule has 0 heterocycles. The molecule has 172 valence electrons. The summed E-state index contributed by atoms with van der Waals surface area (Å²) in [6, 6.07) is 12.1. The number of hydrogen-bond donors (Lipinski definition) is 1. The van der Waals surface area contributed by atoms with Crippen molar-refractivity contribution in [2.75, 3.05) is 19.4 Å². The summed E-state index contributed by atoms with van der Waals surface area (Å²) in [4.78, 5) is 26.4. The standard InChI is InChI=1S/C24H20F4N2O3/c1-14-11-17(25)8-10-20(14)33-21-13-16(24(26,27)28)7-9-19(21)22(31)29-18-6-4-5-15(12-18)23(32)30(2)3/h4-13H,1-3H3,(H,29,31).